The summed E-state index contributed by atoms with van der Waals surface area (Å²) in [4.78, 5) is 18.5. The van der Waals surface area contributed by atoms with Crippen LogP contribution < -0.4 is 10.1 Å². The first-order chi connectivity index (χ1) is 14.4. The lowest BCUT2D eigenvalue weighted by molar-refractivity contribution is 0.0782. The molecule has 1 fully saturated rings. The molecule has 10 heteroatoms. The Kier molecular flexibility index (Phi) is 5.46. The summed E-state index contributed by atoms with van der Waals surface area (Å²) in [5.74, 6) is -5.80. The molecule has 1 amide bonds. The molecule has 1 saturated heterocycles. The van der Waals surface area contributed by atoms with Crippen LogP contribution in [0.2, 0.25) is 5.02 Å². The number of halogens is 4. The molecule has 0 radical (unpaired) electrons. The molecule has 0 aliphatic carbocycles. The molecular formula is C20H17ClF3N3O3. The zero-order chi connectivity index (χ0) is 21.4. The van der Waals surface area contributed by atoms with E-state index >= 15 is 0 Å². The van der Waals surface area contributed by atoms with Gasteiger partial charge in [-0.25, -0.2) is 8.78 Å². The number of hydrogen-bond donors (Lipinski definition) is 1. The van der Waals surface area contributed by atoms with Crippen LogP contribution in [0.5, 0.6) is 5.75 Å². The zero-order valence-electron chi connectivity index (χ0n) is 15.8. The Bertz CT molecular complexity index is 1120. The van der Waals surface area contributed by atoms with Crippen LogP contribution in [0.3, 0.4) is 0 Å². The van der Waals surface area contributed by atoms with Gasteiger partial charge in [-0.05, 0) is 30.5 Å². The van der Waals surface area contributed by atoms with Crippen LogP contribution >= 0.6 is 11.6 Å². The average Bonchev–Trinajstić information content (AvgIpc) is 3.36. The smallest absolute Gasteiger partial charge is 0.295 e. The van der Waals surface area contributed by atoms with Gasteiger partial charge in [-0.1, -0.05) is 11.6 Å². The highest BCUT2D eigenvalue weighted by Gasteiger charge is 2.31. The van der Waals surface area contributed by atoms with Gasteiger partial charge in [-0.2, -0.15) is 9.37 Å². The molecule has 30 heavy (non-hydrogen) atoms. The molecule has 3 aromatic rings. The third kappa shape index (κ3) is 3.77. The van der Waals surface area contributed by atoms with Gasteiger partial charge in [0.05, 0.1) is 12.7 Å². The molecular weight excluding hydrogens is 423 g/mol. The maximum absolute atomic E-state index is 13.9. The van der Waals surface area contributed by atoms with Gasteiger partial charge in [-0.3, -0.25) is 4.79 Å². The Labute approximate surface area is 174 Å². The number of nitrogens with one attached hydrogen (secondary N) is 1. The van der Waals surface area contributed by atoms with Crippen molar-refractivity contribution in [2.24, 2.45) is 5.92 Å². The van der Waals surface area contributed by atoms with Crippen LogP contribution in [-0.4, -0.2) is 42.5 Å². The molecule has 1 unspecified atom stereocenters. The normalized spacial score (nSPS) is 16.3. The summed E-state index contributed by atoms with van der Waals surface area (Å²) in [5, 5.41) is 3.63. The molecule has 2 heterocycles. The van der Waals surface area contributed by atoms with Crippen molar-refractivity contribution in [3.8, 4) is 5.75 Å². The summed E-state index contributed by atoms with van der Waals surface area (Å²) < 4.78 is 51.4. The molecule has 1 atom stereocenters. The van der Waals surface area contributed by atoms with E-state index in [-0.39, 0.29) is 11.5 Å². The first-order valence-corrected chi connectivity index (χ1v) is 9.56. The molecule has 0 bridgehead atoms. The van der Waals surface area contributed by atoms with Crippen molar-refractivity contribution in [1.82, 2.24) is 9.88 Å². The third-order valence-corrected chi connectivity index (χ3v) is 5.25. The van der Waals surface area contributed by atoms with Gasteiger partial charge in [0.2, 0.25) is 5.82 Å². The molecule has 0 spiro atoms. The van der Waals surface area contributed by atoms with Crippen molar-refractivity contribution in [1.29, 1.82) is 0 Å². The summed E-state index contributed by atoms with van der Waals surface area (Å²) in [6.07, 6.45) is 0.666. The fourth-order valence-electron chi connectivity index (χ4n) is 3.50. The Balaban J connectivity index is 1.42. The van der Waals surface area contributed by atoms with Gasteiger partial charge >= 0.3 is 0 Å². The van der Waals surface area contributed by atoms with E-state index < -0.39 is 29.1 Å². The Morgan fingerprint density at radius 1 is 1.33 bits per heavy atom. The predicted octanol–water partition coefficient (Wildman–Crippen LogP) is 4.48. The monoisotopic (exact) mass is 439 g/mol. The van der Waals surface area contributed by atoms with Gasteiger partial charge in [0.1, 0.15) is 5.52 Å². The predicted molar refractivity (Wildman–Crippen MR) is 104 cm³/mol. The number of hydrogen-bond acceptors (Lipinski definition) is 5. The number of carbonyl (C=O) groups is 1. The van der Waals surface area contributed by atoms with Crippen LogP contribution in [-0.2, 0) is 0 Å². The van der Waals surface area contributed by atoms with Crippen molar-refractivity contribution < 1.29 is 27.1 Å². The quantitative estimate of drug-likeness (QED) is 0.594. The van der Waals surface area contributed by atoms with Crippen molar-refractivity contribution in [2.45, 2.75) is 6.42 Å². The molecule has 6 nitrogen and oxygen atoms in total. The fraction of sp³-hybridized carbons (Fsp3) is 0.300. The van der Waals surface area contributed by atoms with Crippen LogP contribution in [0.25, 0.3) is 11.1 Å². The average molecular weight is 440 g/mol. The van der Waals surface area contributed by atoms with E-state index in [9.17, 15) is 18.0 Å². The number of nitrogens with zero attached hydrogens (tertiary/aromatic N) is 2. The lowest BCUT2D eigenvalue weighted by Crippen LogP contribution is -2.30. The second kappa shape index (κ2) is 8.06. The summed E-state index contributed by atoms with van der Waals surface area (Å²) >= 11 is 5.93. The van der Waals surface area contributed by atoms with E-state index in [2.05, 4.69) is 10.3 Å². The van der Waals surface area contributed by atoms with Gasteiger partial charge in [0.15, 0.2) is 23.0 Å². The van der Waals surface area contributed by atoms with Gasteiger partial charge < -0.3 is 19.4 Å². The third-order valence-electron chi connectivity index (χ3n) is 5.02. The molecule has 0 saturated carbocycles. The second-order valence-corrected chi connectivity index (χ2v) is 7.42. The van der Waals surface area contributed by atoms with Gasteiger partial charge in [-0.15, -0.1) is 0 Å². The van der Waals surface area contributed by atoms with Crippen molar-refractivity contribution >= 4 is 34.6 Å². The molecule has 1 aromatic heterocycles. The minimum atomic E-state index is -1.67. The number of ether oxygens (including phenoxy) is 1. The largest absolute Gasteiger partial charge is 0.493 e. The highest BCUT2D eigenvalue weighted by atomic mass is 35.5. The topological polar surface area (TPSA) is 67.6 Å². The van der Waals surface area contributed by atoms with E-state index in [1.54, 1.807) is 18.2 Å². The number of likely N-dealkylation sites (tertiary alicyclic amines) is 1. The number of amides is 1. The molecule has 1 aliphatic heterocycles. The number of rotatable bonds is 5. The Morgan fingerprint density at radius 3 is 2.90 bits per heavy atom. The molecule has 1 N–H and O–H groups in total. The van der Waals surface area contributed by atoms with Crippen LogP contribution in [0.4, 0.5) is 19.2 Å². The Hall–Kier alpha value is -2.94. The first-order valence-electron chi connectivity index (χ1n) is 9.18. The molecule has 1 aliphatic rings. The summed E-state index contributed by atoms with van der Waals surface area (Å²) in [5.41, 5.74) is 0.872. The van der Waals surface area contributed by atoms with Crippen LogP contribution in [0, 0.1) is 23.4 Å². The Morgan fingerprint density at radius 2 is 2.13 bits per heavy atom. The van der Waals surface area contributed by atoms with E-state index in [0.29, 0.717) is 54.3 Å². The van der Waals surface area contributed by atoms with E-state index in [4.69, 9.17) is 20.8 Å². The maximum Gasteiger partial charge on any atom is 0.295 e. The maximum atomic E-state index is 13.9. The lowest BCUT2D eigenvalue weighted by atomic mass is 10.1. The number of methoxy groups -OCH3 is 1. The number of carbonyl (C=O) groups excluding carboxylic acids is 1. The van der Waals surface area contributed by atoms with Crippen molar-refractivity contribution in [3.05, 3.63) is 52.3 Å². The minimum Gasteiger partial charge on any atom is -0.493 e. The SMILES string of the molecule is COc1c(C(=O)N2CCC(CNc3nc4ccc(Cl)cc4o3)C2)cc(F)c(F)c1F. The van der Waals surface area contributed by atoms with Crippen molar-refractivity contribution in [3.63, 3.8) is 0 Å². The van der Waals surface area contributed by atoms with Crippen LogP contribution in [0.15, 0.2) is 28.7 Å². The summed E-state index contributed by atoms with van der Waals surface area (Å²) in [6, 6.07) is 6.12. The standard InChI is InChI=1S/C20H17ClF3N3O3/c1-29-18-12(7-13(22)16(23)17(18)24)19(28)27-5-4-10(9-27)8-25-20-26-14-3-2-11(21)6-15(14)30-20/h2-3,6-7,10H,4-5,8-9H2,1H3,(H,25,26). The molecule has 2 aromatic carbocycles. The molecule has 4 rings (SSSR count). The van der Waals surface area contributed by atoms with Gasteiger partial charge in [0.25, 0.3) is 11.9 Å². The minimum absolute atomic E-state index is 0.0636. The number of fused-ring (bicyclic) bond motifs is 1. The van der Waals surface area contributed by atoms with Crippen LogP contribution in [0.1, 0.15) is 16.8 Å². The number of aromatic nitrogens is 1. The van der Waals surface area contributed by atoms with E-state index in [0.717, 1.165) is 7.11 Å². The lowest BCUT2D eigenvalue weighted by Gasteiger charge is -2.19. The first kappa shape index (κ1) is 20.3. The van der Waals surface area contributed by atoms with Gasteiger partial charge in [0, 0.05) is 30.7 Å². The zero-order valence-corrected chi connectivity index (χ0v) is 16.6. The van der Waals surface area contributed by atoms with E-state index in [1.807, 2.05) is 0 Å². The molecule has 158 valence electrons. The van der Waals surface area contributed by atoms with Crippen molar-refractivity contribution in [2.75, 3.05) is 32.1 Å². The summed E-state index contributed by atoms with van der Waals surface area (Å²) in [6.45, 7) is 1.22. The second-order valence-electron chi connectivity index (χ2n) is 6.98. The summed E-state index contributed by atoms with van der Waals surface area (Å²) in [7, 11) is 1.09. The highest BCUT2D eigenvalue weighted by molar-refractivity contribution is 6.31. The number of anilines is 1. The fourth-order valence-corrected chi connectivity index (χ4v) is 3.66. The number of benzene rings is 2. The number of oxazole rings is 1. The highest BCUT2D eigenvalue weighted by Crippen LogP contribution is 2.30. The van der Waals surface area contributed by atoms with E-state index in [1.165, 1.54) is 4.90 Å².